The normalized spacial score (nSPS) is 17.0. The summed E-state index contributed by atoms with van der Waals surface area (Å²) in [6, 6.07) is 23.2. The van der Waals surface area contributed by atoms with Gasteiger partial charge in [0.2, 0.25) is 0 Å². The average Bonchev–Trinajstić information content (AvgIpc) is 3.69. The number of halogens is 4. The number of rotatable bonds is 10. The van der Waals surface area contributed by atoms with Gasteiger partial charge in [-0.05, 0) is 85.6 Å². The molecule has 6 aromatic rings. The van der Waals surface area contributed by atoms with E-state index >= 15 is 0 Å². The molecule has 234 valence electrons. The van der Waals surface area contributed by atoms with E-state index in [-0.39, 0.29) is 6.10 Å². The average molecular weight is 685 g/mol. The third kappa shape index (κ3) is 6.40. The zero-order chi connectivity index (χ0) is 31.2. The molecular weight excluding hydrogens is 652 g/mol. The van der Waals surface area contributed by atoms with Crippen molar-refractivity contribution < 1.29 is 14.9 Å². The van der Waals surface area contributed by atoms with E-state index in [0.29, 0.717) is 52.8 Å². The molecule has 1 aliphatic rings. The van der Waals surface area contributed by atoms with Crippen LogP contribution in [0.3, 0.4) is 0 Å². The van der Waals surface area contributed by atoms with Crippen LogP contribution >= 0.6 is 46.4 Å². The van der Waals surface area contributed by atoms with Gasteiger partial charge < -0.3 is 24.1 Å². The van der Waals surface area contributed by atoms with Crippen LogP contribution in [-0.2, 0) is 17.8 Å². The van der Waals surface area contributed by atoms with Gasteiger partial charge in [0.15, 0.2) is 0 Å². The first kappa shape index (κ1) is 31.1. The standard InChI is InChI=1S/C35H33Cl4N3O3/c36-21-3-7-32-28(12-21)29-13-22(37)4-8-33(29)41(32)18-25(43)16-40(20-27-2-1-11-45-27)17-26(44)19-42-34-9-5-23(38)14-30(34)31-15-24(39)6-10-35(31)42/h3-10,12-15,25-27,43-44H,1-2,11,16-20H2/t25-,26+,27-/m1/s1. The second-order valence-corrected chi connectivity index (χ2v) is 13.8. The summed E-state index contributed by atoms with van der Waals surface area (Å²) in [5.41, 5.74) is 3.92. The fourth-order valence-corrected chi connectivity index (χ4v) is 7.61. The van der Waals surface area contributed by atoms with Crippen LogP contribution in [0.1, 0.15) is 12.8 Å². The van der Waals surface area contributed by atoms with Gasteiger partial charge in [0.1, 0.15) is 0 Å². The molecule has 6 nitrogen and oxygen atoms in total. The number of aromatic nitrogens is 2. The molecule has 0 bridgehead atoms. The molecule has 2 N–H and O–H groups in total. The molecule has 1 fully saturated rings. The Labute approximate surface area is 281 Å². The fraction of sp³-hybridized carbons (Fsp3) is 0.314. The summed E-state index contributed by atoms with van der Waals surface area (Å²) in [6.07, 6.45) is 0.635. The minimum Gasteiger partial charge on any atom is -0.390 e. The lowest BCUT2D eigenvalue weighted by atomic mass is 10.1. The molecule has 7 rings (SSSR count). The third-order valence-corrected chi connectivity index (χ3v) is 9.73. The molecule has 0 spiro atoms. The van der Waals surface area contributed by atoms with Gasteiger partial charge in [-0.15, -0.1) is 0 Å². The van der Waals surface area contributed by atoms with Crippen molar-refractivity contribution in [2.24, 2.45) is 0 Å². The number of fused-ring (bicyclic) bond motifs is 6. The van der Waals surface area contributed by atoms with E-state index in [2.05, 4.69) is 14.0 Å². The predicted molar refractivity (Wildman–Crippen MR) is 186 cm³/mol. The van der Waals surface area contributed by atoms with Crippen molar-refractivity contribution in [3.8, 4) is 0 Å². The van der Waals surface area contributed by atoms with Crippen LogP contribution in [0.5, 0.6) is 0 Å². The molecule has 0 aliphatic carbocycles. The van der Waals surface area contributed by atoms with E-state index in [4.69, 9.17) is 51.1 Å². The molecule has 3 atom stereocenters. The summed E-state index contributed by atoms with van der Waals surface area (Å²) < 4.78 is 10.2. The lowest BCUT2D eigenvalue weighted by Crippen LogP contribution is -2.44. The molecule has 3 heterocycles. The quantitative estimate of drug-likeness (QED) is 0.152. The number of aliphatic hydroxyl groups is 2. The SMILES string of the molecule is O[C@H](CN(C[C@H](O)Cn1c2ccc(Cl)cc2c2cc(Cl)ccc21)C[C@H]1CCCO1)Cn1c2ccc(Cl)cc2c2cc(Cl)ccc21. The van der Waals surface area contributed by atoms with E-state index in [1.54, 1.807) is 0 Å². The highest BCUT2D eigenvalue weighted by Crippen LogP contribution is 2.34. The Morgan fingerprint density at radius 3 is 1.36 bits per heavy atom. The monoisotopic (exact) mass is 683 g/mol. The second-order valence-electron chi connectivity index (χ2n) is 12.0. The van der Waals surface area contributed by atoms with E-state index in [0.717, 1.165) is 63.1 Å². The van der Waals surface area contributed by atoms with Gasteiger partial charge in [0, 0.05) is 89.9 Å². The number of hydrogen-bond donors (Lipinski definition) is 2. The minimum absolute atomic E-state index is 0.0689. The Bertz CT molecular complexity index is 1760. The van der Waals surface area contributed by atoms with Crippen LogP contribution in [-0.4, -0.2) is 68.8 Å². The molecule has 45 heavy (non-hydrogen) atoms. The zero-order valence-electron chi connectivity index (χ0n) is 24.5. The summed E-state index contributed by atoms with van der Waals surface area (Å²) in [6.45, 7) is 2.86. The van der Waals surface area contributed by atoms with Gasteiger partial charge in [-0.2, -0.15) is 0 Å². The highest BCUT2D eigenvalue weighted by atomic mass is 35.5. The number of benzene rings is 4. The van der Waals surface area contributed by atoms with Gasteiger partial charge in [0.05, 0.1) is 31.4 Å². The van der Waals surface area contributed by atoms with Gasteiger partial charge >= 0.3 is 0 Å². The van der Waals surface area contributed by atoms with Gasteiger partial charge in [-0.3, -0.25) is 4.90 Å². The maximum absolute atomic E-state index is 11.5. The Morgan fingerprint density at radius 1 is 0.644 bits per heavy atom. The van der Waals surface area contributed by atoms with Crippen molar-refractivity contribution in [2.75, 3.05) is 26.2 Å². The summed E-state index contributed by atoms with van der Waals surface area (Å²) >= 11 is 25.4. The van der Waals surface area contributed by atoms with Crippen LogP contribution < -0.4 is 0 Å². The molecule has 2 aromatic heterocycles. The van der Waals surface area contributed by atoms with Gasteiger partial charge in [0.25, 0.3) is 0 Å². The van der Waals surface area contributed by atoms with Crippen molar-refractivity contribution in [2.45, 2.75) is 44.2 Å². The van der Waals surface area contributed by atoms with Gasteiger partial charge in [-0.1, -0.05) is 46.4 Å². The maximum Gasteiger partial charge on any atom is 0.0846 e. The van der Waals surface area contributed by atoms with Crippen molar-refractivity contribution in [1.29, 1.82) is 0 Å². The van der Waals surface area contributed by atoms with Crippen molar-refractivity contribution >= 4 is 90.0 Å². The number of hydrogen-bond acceptors (Lipinski definition) is 4. The predicted octanol–water partition coefficient (Wildman–Crippen LogP) is 8.42. The van der Waals surface area contributed by atoms with Gasteiger partial charge in [-0.25, -0.2) is 0 Å². The molecule has 0 radical (unpaired) electrons. The largest absolute Gasteiger partial charge is 0.390 e. The van der Waals surface area contributed by atoms with Crippen molar-refractivity contribution in [3.63, 3.8) is 0 Å². The molecule has 0 amide bonds. The maximum atomic E-state index is 11.5. The van der Waals surface area contributed by atoms with Crippen LogP contribution in [0.4, 0.5) is 0 Å². The molecular formula is C35H33Cl4N3O3. The van der Waals surface area contributed by atoms with Crippen LogP contribution in [0, 0.1) is 0 Å². The lowest BCUT2D eigenvalue weighted by Gasteiger charge is -2.30. The molecule has 10 heteroatoms. The first-order chi connectivity index (χ1) is 21.7. The number of nitrogens with zero attached hydrogens (tertiary/aromatic N) is 3. The number of ether oxygens (including phenoxy) is 1. The first-order valence-electron chi connectivity index (χ1n) is 15.2. The Kier molecular flexibility index (Phi) is 8.94. The van der Waals surface area contributed by atoms with E-state index < -0.39 is 12.2 Å². The molecule has 0 unspecified atom stereocenters. The minimum atomic E-state index is -0.707. The zero-order valence-corrected chi connectivity index (χ0v) is 27.5. The summed E-state index contributed by atoms with van der Waals surface area (Å²) in [5.74, 6) is 0. The molecule has 1 saturated heterocycles. The van der Waals surface area contributed by atoms with Crippen LogP contribution in [0.15, 0.2) is 72.8 Å². The van der Waals surface area contributed by atoms with Crippen molar-refractivity contribution in [3.05, 3.63) is 92.9 Å². The Hall–Kier alpha value is -2.52. The summed E-state index contributed by atoms with van der Waals surface area (Å²) in [4.78, 5) is 2.13. The molecule has 0 saturated carbocycles. The van der Waals surface area contributed by atoms with E-state index in [9.17, 15) is 10.2 Å². The Balaban J connectivity index is 1.14. The van der Waals surface area contributed by atoms with E-state index in [1.165, 1.54) is 0 Å². The molecule has 1 aliphatic heterocycles. The summed E-state index contributed by atoms with van der Waals surface area (Å²) in [5, 5.41) is 29.6. The topological polar surface area (TPSA) is 62.8 Å². The van der Waals surface area contributed by atoms with Crippen LogP contribution in [0.25, 0.3) is 43.6 Å². The Morgan fingerprint density at radius 2 is 1.02 bits per heavy atom. The van der Waals surface area contributed by atoms with Crippen LogP contribution in [0.2, 0.25) is 20.1 Å². The molecule has 4 aromatic carbocycles. The summed E-state index contributed by atoms with van der Waals surface area (Å²) in [7, 11) is 0. The highest BCUT2D eigenvalue weighted by Gasteiger charge is 2.25. The third-order valence-electron chi connectivity index (χ3n) is 8.79. The lowest BCUT2D eigenvalue weighted by molar-refractivity contribution is 0.0206. The first-order valence-corrected chi connectivity index (χ1v) is 16.7. The highest BCUT2D eigenvalue weighted by molar-refractivity contribution is 6.34. The van der Waals surface area contributed by atoms with E-state index in [1.807, 2.05) is 72.8 Å². The van der Waals surface area contributed by atoms with Crippen molar-refractivity contribution in [1.82, 2.24) is 14.0 Å². The second kappa shape index (κ2) is 12.9. The fourth-order valence-electron chi connectivity index (χ4n) is 6.92. The number of aliphatic hydroxyl groups excluding tert-OH is 2. The smallest absolute Gasteiger partial charge is 0.0846 e.